The topological polar surface area (TPSA) is 95.7 Å². The van der Waals surface area contributed by atoms with E-state index in [0.717, 1.165) is 45.3 Å². The Balaban J connectivity index is 1.60. The smallest absolute Gasteiger partial charge is 0.257 e. The number of aryl methyl sites for hydroxylation is 1. The van der Waals surface area contributed by atoms with Crippen LogP contribution in [0.15, 0.2) is 6.20 Å². The molecule has 0 radical (unpaired) electrons. The molecule has 8 nitrogen and oxygen atoms in total. The number of nitrogens with two attached hydrogens (primary N) is 1. The second-order valence-corrected chi connectivity index (χ2v) is 8.18. The number of anilines is 1. The van der Waals surface area contributed by atoms with E-state index in [0.29, 0.717) is 29.8 Å². The molecule has 2 fully saturated rings. The van der Waals surface area contributed by atoms with E-state index in [9.17, 15) is 9.59 Å². The largest absolute Gasteiger partial charge is 0.368 e. The number of hydrogen-bond acceptors (Lipinski definition) is 6. The molecule has 1 atom stereocenters. The van der Waals surface area contributed by atoms with E-state index in [1.165, 1.54) is 12.6 Å². The van der Waals surface area contributed by atoms with Gasteiger partial charge in [0.25, 0.3) is 5.91 Å². The molecule has 1 aromatic heterocycles. The van der Waals surface area contributed by atoms with E-state index in [4.69, 9.17) is 5.73 Å². The molecular weight excluding hydrogens is 356 g/mol. The number of hydrogen-bond donors (Lipinski definition) is 1. The maximum atomic E-state index is 12.8. The molecule has 1 aromatic rings. The van der Waals surface area contributed by atoms with Crippen molar-refractivity contribution in [2.45, 2.75) is 45.1 Å². The Bertz CT molecular complexity index is 715. The van der Waals surface area contributed by atoms with Gasteiger partial charge < -0.3 is 15.5 Å². The fourth-order valence-corrected chi connectivity index (χ4v) is 4.41. The molecule has 2 saturated heterocycles. The van der Waals surface area contributed by atoms with Crippen molar-refractivity contribution in [1.29, 1.82) is 0 Å². The summed E-state index contributed by atoms with van der Waals surface area (Å²) >= 11 is 0. The Kier molecular flexibility index (Phi) is 6.49. The predicted octanol–water partition coefficient (Wildman–Crippen LogP) is 1.16. The molecule has 154 valence electrons. The summed E-state index contributed by atoms with van der Waals surface area (Å²) < 4.78 is 0. The minimum Gasteiger partial charge on any atom is -0.368 e. The second-order valence-electron chi connectivity index (χ2n) is 8.18. The van der Waals surface area contributed by atoms with Gasteiger partial charge in [-0.2, -0.15) is 0 Å². The summed E-state index contributed by atoms with van der Waals surface area (Å²) in [5.41, 5.74) is 6.75. The van der Waals surface area contributed by atoms with E-state index in [2.05, 4.69) is 14.9 Å². The first-order valence-electron chi connectivity index (χ1n) is 10.2. The van der Waals surface area contributed by atoms with Gasteiger partial charge in [-0.1, -0.05) is 6.42 Å². The first-order valence-corrected chi connectivity index (χ1v) is 10.2. The number of rotatable bonds is 4. The molecule has 0 spiro atoms. The van der Waals surface area contributed by atoms with E-state index in [1.54, 1.807) is 11.8 Å². The Hall–Kier alpha value is -2.22. The summed E-state index contributed by atoms with van der Waals surface area (Å²) in [5.74, 6) is 0.873. The molecule has 0 saturated carbocycles. The Morgan fingerprint density at radius 1 is 1.18 bits per heavy atom. The highest BCUT2D eigenvalue weighted by molar-refractivity contribution is 5.95. The van der Waals surface area contributed by atoms with Gasteiger partial charge in [-0.25, -0.2) is 9.97 Å². The molecule has 3 heterocycles. The molecule has 0 aliphatic carbocycles. The zero-order valence-electron chi connectivity index (χ0n) is 17.2. The van der Waals surface area contributed by atoms with Crippen molar-refractivity contribution in [2.24, 2.45) is 5.92 Å². The normalized spacial score (nSPS) is 21.5. The fourth-order valence-electron chi connectivity index (χ4n) is 4.41. The monoisotopic (exact) mass is 388 g/mol. The molecule has 2 N–H and O–H groups in total. The number of piperidine rings is 2. The molecule has 2 amide bonds. The van der Waals surface area contributed by atoms with Gasteiger partial charge in [0.1, 0.15) is 0 Å². The van der Waals surface area contributed by atoms with Gasteiger partial charge in [-0.3, -0.25) is 14.5 Å². The number of carbonyl (C=O) groups excluding carboxylic acids is 2. The summed E-state index contributed by atoms with van der Waals surface area (Å²) in [6, 6.07) is 0.441. The number of aromatic nitrogens is 2. The zero-order valence-corrected chi connectivity index (χ0v) is 17.2. The summed E-state index contributed by atoms with van der Waals surface area (Å²) in [4.78, 5) is 39.1. The van der Waals surface area contributed by atoms with E-state index in [-0.39, 0.29) is 17.8 Å². The number of likely N-dealkylation sites (N-methyl/N-ethyl adjacent to an activating group) is 1. The maximum absolute atomic E-state index is 12.8. The lowest BCUT2D eigenvalue weighted by Crippen LogP contribution is -2.51. The van der Waals surface area contributed by atoms with Crippen LogP contribution in [-0.4, -0.2) is 82.8 Å². The summed E-state index contributed by atoms with van der Waals surface area (Å²) in [6.45, 7) is 4.75. The van der Waals surface area contributed by atoms with Crippen molar-refractivity contribution in [3.8, 4) is 0 Å². The molecule has 8 heteroatoms. The van der Waals surface area contributed by atoms with E-state index in [1.807, 2.05) is 19.0 Å². The highest BCUT2D eigenvalue weighted by Gasteiger charge is 2.34. The SMILES string of the molecule is Cc1nc(N)ncc1C(=O)N1CCC([C@H]2CCCCN2CC(=O)N(C)C)CC1. The number of likely N-dealkylation sites (tertiary alicyclic amines) is 2. The molecular formula is C20H32N6O2. The average Bonchev–Trinajstić information content (AvgIpc) is 2.68. The number of nitrogens with zero attached hydrogens (tertiary/aromatic N) is 5. The molecule has 0 aromatic carbocycles. The lowest BCUT2D eigenvalue weighted by atomic mass is 9.83. The van der Waals surface area contributed by atoms with Crippen LogP contribution < -0.4 is 5.73 Å². The Morgan fingerprint density at radius 3 is 2.54 bits per heavy atom. The van der Waals surface area contributed by atoms with Gasteiger partial charge in [-0.15, -0.1) is 0 Å². The first-order chi connectivity index (χ1) is 13.4. The molecule has 3 rings (SSSR count). The lowest BCUT2D eigenvalue weighted by molar-refractivity contribution is -0.131. The van der Waals surface area contributed by atoms with Crippen LogP contribution in [0, 0.1) is 12.8 Å². The summed E-state index contributed by atoms with van der Waals surface area (Å²) in [7, 11) is 3.63. The van der Waals surface area contributed by atoms with Crippen molar-refractivity contribution < 1.29 is 9.59 Å². The third-order valence-corrected chi connectivity index (χ3v) is 6.10. The maximum Gasteiger partial charge on any atom is 0.257 e. The minimum absolute atomic E-state index is 0.0146. The molecule has 0 unspecified atom stereocenters. The van der Waals surface area contributed by atoms with Crippen molar-refractivity contribution in [3.63, 3.8) is 0 Å². The van der Waals surface area contributed by atoms with Crippen LogP contribution in [0.3, 0.4) is 0 Å². The number of amides is 2. The van der Waals surface area contributed by atoms with Crippen molar-refractivity contribution in [2.75, 3.05) is 46.0 Å². The second kappa shape index (κ2) is 8.86. The van der Waals surface area contributed by atoms with Crippen LogP contribution in [0.4, 0.5) is 5.95 Å². The van der Waals surface area contributed by atoms with Crippen LogP contribution >= 0.6 is 0 Å². The zero-order chi connectivity index (χ0) is 20.3. The predicted molar refractivity (Wildman–Crippen MR) is 108 cm³/mol. The number of carbonyl (C=O) groups is 2. The van der Waals surface area contributed by atoms with Crippen LogP contribution in [0.5, 0.6) is 0 Å². The highest BCUT2D eigenvalue weighted by Crippen LogP contribution is 2.31. The van der Waals surface area contributed by atoms with Crippen LogP contribution in [0.25, 0.3) is 0 Å². The summed E-state index contributed by atoms with van der Waals surface area (Å²) in [6.07, 6.45) is 6.99. The molecule has 2 aliphatic rings. The van der Waals surface area contributed by atoms with E-state index < -0.39 is 0 Å². The van der Waals surface area contributed by atoms with Crippen molar-refractivity contribution >= 4 is 17.8 Å². The van der Waals surface area contributed by atoms with Gasteiger partial charge in [-0.05, 0) is 45.1 Å². The average molecular weight is 389 g/mol. The third kappa shape index (κ3) is 4.60. The molecule has 28 heavy (non-hydrogen) atoms. The third-order valence-electron chi connectivity index (χ3n) is 6.10. The van der Waals surface area contributed by atoms with Gasteiger partial charge in [0.05, 0.1) is 17.8 Å². The van der Waals surface area contributed by atoms with Gasteiger partial charge >= 0.3 is 0 Å². The van der Waals surface area contributed by atoms with Gasteiger partial charge in [0.2, 0.25) is 11.9 Å². The Labute approximate surface area is 167 Å². The van der Waals surface area contributed by atoms with Crippen molar-refractivity contribution in [3.05, 3.63) is 17.5 Å². The Morgan fingerprint density at radius 2 is 1.89 bits per heavy atom. The van der Waals surface area contributed by atoms with E-state index >= 15 is 0 Å². The lowest BCUT2D eigenvalue weighted by Gasteiger charge is -2.43. The molecule has 2 aliphatic heterocycles. The first kappa shape index (κ1) is 20.5. The van der Waals surface area contributed by atoms with Gasteiger partial charge in [0.15, 0.2) is 0 Å². The number of nitrogen functional groups attached to an aromatic ring is 1. The fraction of sp³-hybridized carbons (Fsp3) is 0.700. The van der Waals surface area contributed by atoms with Crippen LogP contribution in [-0.2, 0) is 4.79 Å². The summed E-state index contributed by atoms with van der Waals surface area (Å²) in [5, 5.41) is 0. The quantitative estimate of drug-likeness (QED) is 0.832. The van der Waals surface area contributed by atoms with Crippen LogP contribution in [0.1, 0.15) is 48.2 Å². The molecule has 0 bridgehead atoms. The van der Waals surface area contributed by atoms with Crippen molar-refractivity contribution in [1.82, 2.24) is 24.7 Å². The standard InChI is InChI=1S/C20H32N6O2/c1-14-16(12-22-20(21)23-14)19(28)25-10-7-15(8-11-25)17-6-4-5-9-26(17)13-18(27)24(2)3/h12,15,17H,4-11,13H2,1-3H3,(H2,21,22,23)/t17-/m1/s1. The van der Waals surface area contributed by atoms with Crippen LogP contribution in [0.2, 0.25) is 0 Å². The highest BCUT2D eigenvalue weighted by atomic mass is 16.2. The van der Waals surface area contributed by atoms with Gasteiger partial charge in [0, 0.05) is 39.4 Å². The minimum atomic E-state index is -0.0146.